The highest BCUT2D eigenvalue weighted by atomic mass is 35.5. The first-order valence-corrected chi connectivity index (χ1v) is 7.08. The molecule has 0 aliphatic carbocycles. The second-order valence-corrected chi connectivity index (χ2v) is 6.72. The Labute approximate surface area is 123 Å². The molecule has 0 spiro atoms. The molecule has 2 aromatic rings. The van der Waals surface area contributed by atoms with Crippen LogP contribution >= 0.6 is 11.6 Å². The number of nitrogens with zero attached hydrogens (tertiary/aromatic N) is 2. The molecule has 1 aromatic carbocycles. The van der Waals surface area contributed by atoms with Crippen LogP contribution in [0.25, 0.3) is 0 Å². The Kier molecular flexibility index (Phi) is 3.10. The van der Waals surface area contributed by atoms with Crippen molar-refractivity contribution in [3.05, 3.63) is 47.0 Å². The van der Waals surface area contributed by atoms with Crippen LogP contribution in [0.5, 0.6) is 0 Å². The van der Waals surface area contributed by atoms with E-state index in [2.05, 4.69) is 36.0 Å². The number of hydrogen-bond acceptors (Lipinski definition) is 3. The predicted molar refractivity (Wildman–Crippen MR) is 77.6 cm³/mol. The van der Waals surface area contributed by atoms with Gasteiger partial charge in [-0.2, -0.15) is 5.10 Å². The number of rotatable bonds is 3. The normalized spacial score (nSPS) is 25.7. The number of nitrogens with one attached hydrogen (secondary N) is 1. The van der Waals surface area contributed by atoms with Crippen molar-refractivity contribution in [3.8, 4) is 0 Å². The number of hydrogen-bond donors (Lipinski definition) is 1. The molecule has 0 bridgehead atoms. The van der Waals surface area contributed by atoms with Gasteiger partial charge in [0.15, 0.2) is 5.82 Å². The van der Waals surface area contributed by atoms with Gasteiger partial charge in [-0.1, -0.05) is 44.5 Å². The molecule has 1 aromatic heterocycles. The van der Waals surface area contributed by atoms with Gasteiger partial charge < -0.3 is 4.74 Å². The highest BCUT2D eigenvalue weighted by Crippen LogP contribution is 2.60. The average Bonchev–Trinajstić information content (AvgIpc) is 2.89. The molecule has 1 aliphatic heterocycles. The Balaban J connectivity index is 1.89. The number of epoxide rings is 1. The van der Waals surface area contributed by atoms with Crippen LogP contribution < -0.4 is 0 Å². The summed E-state index contributed by atoms with van der Waals surface area (Å²) in [6, 6.07) is 7.86. The topological polar surface area (TPSA) is 54.1 Å². The van der Waals surface area contributed by atoms with E-state index in [-0.39, 0.29) is 17.1 Å². The Hall–Kier alpha value is -1.39. The van der Waals surface area contributed by atoms with Crippen molar-refractivity contribution in [3.63, 3.8) is 0 Å². The molecule has 1 aliphatic rings. The number of halogens is 1. The van der Waals surface area contributed by atoms with Crippen molar-refractivity contribution in [2.45, 2.75) is 38.9 Å². The molecule has 1 fully saturated rings. The fourth-order valence-corrected chi connectivity index (χ4v) is 2.80. The van der Waals surface area contributed by atoms with E-state index in [1.165, 1.54) is 0 Å². The average molecular weight is 292 g/mol. The Bertz CT molecular complexity index is 589. The van der Waals surface area contributed by atoms with Gasteiger partial charge in [0.05, 0.1) is 0 Å². The second-order valence-electron chi connectivity index (χ2n) is 6.28. The quantitative estimate of drug-likeness (QED) is 0.880. The summed E-state index contributed by atoms with van der Waals surface area (Å²) in [6.07, 6.45) is 2.37. The van der Waals surface area contributed by atoms with Gasteiger partial charge in [0.25, 0.3) is 0 Å². The van der Waals surface area contributed by atoms with Crippen LogP contribution in [-0.2, 0) is 11.2 Å². The van der Waals surface area contributed by atoms with Crippen LogP contribution in [0.15, 0.2) is 30.6 Å². The molecule has 20 heavy (non-hydrogen) atoms. The van der Waals surface area contributed by atoms with E-state index in [1.54, 1.807) is 6.33 Å². The van der Waals surface area contributed by atoms with E-state index in [9.17, 15) is 0 Å². The van der Waals surface area contributed by atoms with Gasteiger partial charge in [0, 0.05) is 11.4 Å². The van der Waals surface area contributed by atoms with Gasteiger partial charge in [-0.05, 0) is 23.1 Å². The molecule has 106 valence electrons. The molecule has 0 amide bonds. The number of aromatic nitrogens is 3. The van der Waals surface area contributed by atoms with Gasteiger partial charge in [-0.25, -0.2) is 4.98 Å². The summed E-state index contributed by atoms with van der Waals surface area (Å²) in [5, 5.41) is 7.66. The summed E-state index contributed by atoms with van der Waals surface area (Å²) < 4.78 is 6.13. The molecular weight excluding hydrogens is 274 g/mol. The van der Waals surface area contributed by atoms with E-state index < -0.39 is 0 Å². The molecule has 4 nitrogen and oxygen atoms in total. The summed E-state index contributed by atoms with van der Waals surface area (Å²) >= 11 is 5.95. The molecule has 3 rings (SSSR count). The SMILES string of the molecule is CC(C)(C)[C@@]1(Cc2nc[nH]n2)O[C@H]1c1ccc(Cl)cc1. The van der Waals surface area contributed by atoms with Gasteiger partial charge in [0.1, 0.15) is 18.0 Å². The monoisotopic (exact) mass is 291 g/mol. The summed E-state index contributed by atoms with van der Waals surface area (Å²) in [5.74, 6) is 0.788. The minimum absolute atomic E-state index is 0.00205. The first kappa shape index (κ1) is 13.6. The first-order valence-electron chi connectivity index (χ1n) is 6.70. The zero-order valence-electron chi connectivity index (χ0n) is 11.9. The first-order chi connectivity index (χ1) is 9.42. The van der Waals surface area contributed by atoms with E-state index in [0.717, 1.165) is 16.4 Å². The Morgan fingerprint density at radius 2 is 2.00 bits per heavy atom. The van der Waals surface area contributed by atoms with Gasteiger partial charge in [-0.3, -0.25) is 5.10 Å². The van der Waals surface area contributed by atoms with Crippen LogP contribution in [0, 0.1) is 5.41 Å². The maximum Gasteiger partial charge on any atom is 0.153 e. The zero-order chi connectivity index (χ0) is 14.4. The van der Waals surface area contributed by atoms with E-state index in [4.69, 9.17) is 16.3 Å². The van der Waals surface area contributed by atoms with E-state index in [0.29, 0.717) is 6.42 Å². The van der Waals surface area contributed by atoms with Gasteiger partial charge in [-0.15, -0.1) is 0 Å². The number of H-pyrrole nitrogens is 1. The van der Waals surface area contributed by atoms with Crippen LogP contribution in [0.4, 0.5) is 0 Å². The lowest BCUT2D eigenvalue weighted by Crippen LogP contribution is -2.33. The number of ether oxygens (including phenoxy) is 1. The fourth-order valence-electron chi connectivity index (χ4n) is 2.68. The highest BCUT2D eigenvalue weighted by Gasteiger charge is 2.64. The maximum absolute atomic E-state index is 6.13. The van der Waals surface area contributed by atoms with Crippen LogP contribution in [0.3, 0.4) is 0 Å². The molecule has 2 atom stereocenters. The Morgan fingerprint density at radius 1 is 1.30 bits per heavy atom. The lowest BCUT2D eigenvalue weighted by atomic mass is 9.74. The smallest absolute Gasteiger partial charge is 0.153 e. The molecule has 1 N–H and O–H groups in total. The third-order valence-corrected chi connectivity index (χ3v) is 4.27. The standard InChI is InChI=1S/C15H18ClN3O/c1-14(2,3)15(8-12-17-9-18-19-12)13(20-15)10-4-6-11(16)7-5-10/h4-7,9,13H,8H2,1-3H3,(H,17,18,19)/t13-,15-/m0/s1. The summed E-state index contributed by atoms with van der Waals surface area (Å²) in [7, 11) is 0. The third-order valence-electron chi connectivity index (χ3n) is 4.02. The predicted octanol–water partition coefficient (Wildman–Crippen LogP) is 3.56. The molecular formula is C15H18ClN3O. The minimum atomic E-state index is -0.261. The van der Waals surface area contributed by atoms with Crippen LogP contribution in [0.1, 0.15) is 38.3 Å². The van der Waals surface area contributed by atoms with E-state index in [1.807, 2.05) is 24.3 Å². The third kappa shape index (κ3) is 2.23. The zero-order valence-corrected chi connectivity index (χ0v) is 12.6. The Morgan fingerprint density at radius 3 is 2.55 bits per heavy atom. The lowest BCUT2D eigenvalue weighted by Gasteiger charge is -2.27. The molecule has 0 unspecified atom stereocenters. The van der Waals surface area contributed by atoms with Crippen molar-refractivity contribution in [2.75, 3.05) is 0 Å². The van der Waals surface area contributed by atoms with Gasteiger partial charge >= 0.3 is 0 Å². The van der Waals surface area contributed by atoms with Crippen LogP contribution in [-0.4, -0.2) is 20.8 Å². The van der Waals surface area contributed by atoms with Crippen LogP contribution in [0.2, 0.25) is 5.02 Å². The second kappa shape index (κ2) is 4.57. The number of aromatic amines is 1. The largest absolute Gasteiger partial charge is 0.360 e. The minimum Gasteiger partial charge on any atom is -0.360 e. The fraction of sp³-hybridized carbons (Fsp3) is 0.467. The molecule has 0 saturated carbocycles. The summed E-state index contributed by atoms with van der Waals surface area (Å²) in [4.78, 5) is 4.23. The van der Waals surface area contributed by atoms with E-state index >= 15 is 0 Å². The number of benzene rings is 1. The maximum atomic E-state index is 6.13. The summed E-state index contributed by atoms with van der Waals surface area (Å²) in [6.45, 7) is 6.57. The molecule has 2 heterocycles. The van der Waals surface area contributed by atoms with Crippen molar-refractivity contribution >= 4 is 11.6 Å². The molecule has 0 radical (unpaired) electrons. The van der Waals surface area contributed by atoms with Crippen molar-refractivity contribution < 1.29 is 4.74 Å². The van der Waals surface area contributed by atoms with Crippen molar-refractivity contribution in [1.29, 1.82) is 0 Å². The van der Waals surface area contributed by atoms with Gasteiger partial charge in [0.2, 0.25) is 0 Å². The summed E-state index contributed by atoms with van der Waals surface area (Å²) in [5.41, 5.74) is 0.890. The van der Waals surface area contributed by atoms with Crippen molar-refractivity contribution in [2.24, 2.45) is 5.41 Å². The molecule has 1 saturated heterocycles. The lowest BCUT2D eigenvalue weighted by molar-refractivity contribution is 0.152. The van der Waals surface area contributed by atoms with Crippen molar-refractivity contribution in [1.82, 2.24) is 15.2 Å². The highest BCUT2D eigenvalue weighted by molar-refractivity contribution is 6.30. The molecule has 5 heteroatoms.